The van der Waals surface area contributed by atoms with E-state index in [1.165, 1.54) is 13.8 Å². The second-order valence-electron chi connectivity index (χ2n) is 5.42. The van der Waals surface area contributed by atoms with Gasteiger partial charge in [0.15, 0.2) is 0 Å². The molecule has 1 rings (SSSR count). The fourth-order valence-electron chi connectivity index (χ4n) is 2.06. The third-order valence-electron chi connectivity index (χ3n) is 3.15. The van der Waals surface area contributed by atoms with Crippen molar-refractivity contribution in [1.29, 1.82) is 0 Å². The first-order valence-corrected chi connectivity index (χ1v) is 10.9. The fourth-order valence-corrected chi connectivity index (χ4v) is 4.55. The molecule has 11 heteroatoms. The van der Waals surface area contributed by atoms with Gasteiger partial charge in [-0.2, -0.15) is 0 Å². The number of halogens is 3. The lowest BCUT2D eigenvalue weighted by Crippen LogP contribution is -2.20. The molecule has 0 aromatic heterocycles. The van der Waals surface area contributed by atoms with Crippen molar-refractivity contribution in [3.8, 4) is 0 Å². The third-order valence-corrected chi connectivity index (χ3v) is 8.45. The van der Waals surface area contributed by atoms with Crippen LogP contribution in [0, 0.1) is 10.7 Å². The number of amides is 2. The standard InChI is InChI=1S/C16H17I3N2O6/c1-7(22)20-14-10(16(26)27-6-4-3-5-9(24)25)11(17)12(18)13(19)15(14)21-8(2)23/h3-6H2,1-2H3,(H,20,22)(H,21,23)(H,24,25). The lowest BCUT2D eigenvalue weighted by atomic mass is 10.1. The molecule has 2 amide bonds. The van der Waals surface area contributed by atoms with Crippen LogP contribution in [0.4, 0.5) is 11.4 Å². The lowest BCUT2D eigenvalue weighted by molar-refractivity contribution is -0.137. The van der Waals surface area contributed by atoms with E-state index in [1.54, 1.807) is 0 Å². The number of nitrogens with one attached hydrogen (secondary N) is 2. The first-order valence-electron chi connectivity index (χ1n) is 7.70. The Morgan fingerprint density at radius 1 is 0.889 bits per heavy atom. The number of carbonyl (C=O) groups is 4. The van der Waals surface area contributed by atoms with Gasteiger partial charge in [-0.3, -0.25) is 14.4 Å². The average Bonchev–Trinajstić information content (AvgIpc) is 2.55. The lowest BCUT2D eigenvalue weighted by Gasteiger charge is -2.19. The number of carboxylic acid groups (broad SMARTS) is 1. The minimum Gasteiger partial charge on any atom is -0.481 e. The summed E-state index contributed by atoms with van der Waals surface area (Å²) in [5, 5.41) is 13.9. The molecule has 0 saturated heterocycles. The Kier molecular flexibility index (Phi) is 10.2. The van der Waals surface area contributed by atoms with Crippen LogP contribution >= 0.6 is 67.8 Å². The first kappa shape index (κ1) is 24.3. The van der Waals surface area contributed by atoms with Gasteiger partial charge in [0.1, 0.15) is 0 Å². The zero-order chi connectivity index (χ0) is 20.7. The second-order valence-corrected chi connectivity index (χ2v) is 8.65. The van der Waals surface area contributed by atoms with Crippen molar-refractivity contribution in [3.05, 3.63) is 16.3 Å². The molecule has 0 radical (unpaired) electrons. The molecule has 0 heterocycles. The van der Waals surface area contributed by atoms with Gasteiger partial charge < -0.3 is 20.5 Å². The summed E-state index contributed by atoms with van der Waals surface area (Å²) in [5.41, 5.74) is 0.668. The molecule has 0 saturated carbocycles. The zero-order valence-corrected chi connectivity index (χ0v) is 20.9. The summed E-state index contributed by atoms with van der Waals surface area (Å²) in [6.45, 7) is 2.69. The minimum atomic E-state index is -0.907. The van der Waals surface area contributed by atoms with Crippen LogP contribution in [-0.4, -0.2) is 35.5 Å². The highest BCUT2D eigenvalue weighted by atomic mass is 127. The molecule has 0 aliphatic heterocycles. The van der Waals surface area contributed by atoms with Crippen LogP contribution in [0.1, 0.15) is 43.5 Å². The molecule has 27 heavy (non-hydrogen) atoms. The van der Waals surface area contributed by atoms with E-state index in [4.69, 9.17) is 9.84 Å². The van der Waals surface area contributed by atoms with Crippen molar-refractivity contribution in [2.24, 2.45) is 0 Å². The van der Waals surface area contributed by atoms with Crippen molar-refractivity contribution >= 4 is 103 Å². The molecule has 0 aliphatic carbocycles. The van der Waals surface area contributed by atoms with Crippen molar-refractivity contribution in [3.63, 3.8) is 0 Å². The first-order chi connectivity index (χ1) is 12.6. The van der Waals surface area contributed by atoms with Crippen LogP contribution in [-0.2, 0) is 19.1 Å². The third kappa shape index (κ3) is 7.32. The Balaban J connectivity index is 3.23. The molecule has 1 aromatic rings. The number of hydrogen-bond donors (Lipinski definition) is 3. The van der Waals surface area contributed by atoms with E-state index in [9.17, 15) is 19.2 Å². The van der Waals surface area contributed by atoms with Gasteiger partial charge in [-0.1, -0.05) is 0 Å². The van der Waals surface area contributed by atoms with Crippen LogP contribution in [0.3, 0.4) is 0 Å². The highest BCUT2D eigenvalue weighted by Gasteiger charge is 2.27. The molecule has 1 aromatic carbocycles. The maximum Gasteiger partial charge on any atom is 0.341 e. The number of carboxylic acids is 1. The van der Waals surface area contributed by atoms with E-state index in [1.807, 2.05) is 45.2 Å². The predicted octanol–water partition coefficient (Wildman–Crippen LogP) is 3.83. The Labute approximate surface area is 197 Å². The molecule has 0 spiro atoms. The molecule has 148 valence electrons. The molecule has 0 fully saturated rings. The summed E-state index contributed by atoms with van der Waals surface area (Å²) in [4.78, 5) is 46.4. The van der Waals surface area contributed by atoms with E-state index in [2.05, 4.69) is 33.2 Å². The predicted molar refractivity (Wildman–Crippen MR) is 125 cm³/mol. The zero-order valence-electron chi connectivity index (χ0n) is 14.5. The summed E-state index contributed by atoms with van der Waals surface area (Å²) in [6.07, 6.45) is 0.796. The van der Waals surface area contributed by atoms with E-state index in [0.717, 1.165) is 3.57 Å². The van der Waals surface area contributed by atoms with Crippen molar-refractivity contribution in [1.82, 2.24) is 0 Å². The number of anilines is 2. The van der Waals surface area contributed by atoms with Gasteiger partial charge in [-0.15, -0.1) is 0 Å². The molecule has 0 atom stereocenters. The SMILES string of the molecule is CC(=O)Nc1c(I)c(I)c(I)c(C(=O)OCCCCC(=O)O)c1NC(C)=O. The number of carbonyl (C=O) groups excluding carboxylic acids is 3. The number of benzene rings is 1. The van der Waals surface area contributed by atoms with Gasteiger partial charge in [0.25, 0.3) is 0 Å². The number of hydrogen-bond acceptors (Lipinski definition) is 5. The minimum absolute atomic E-state index is 0.000335. The monoisotopic (exact) mass is 714 g/mol. The van der Waals surface area contributed by atoms with E-state index < -0.39 is 17.8 Å². The van der Waals surface area contributed by atoms with Crippen LogP contribution in [0.25, 0.3) is 0 Å². The molecule has 8 nitrogen and oxygen atoms in total. The fraction of sp³-hybridized carbons (Fsp3) is 0.375. The van der Waals surface area contributed by atoms with Crippen LogP contribution in [0.15, 0.2) is 0 Å². The van der Waals surface area contributed by atoms with Gasteiger partial charge in [-0.05, 0) is 80.6 Å². The Hall–Kier alpha value is -0.710. The number of aliphatic carboxylic acids is 1. The largest absolute Gasteiger partial charge is 0.481 e. The van der Waals surface area contributed by atoms with Crippen molar-refractivity contribution in [2.75, 3.05) is 17.2 Å². The summed E-state index contributed by atoms with van der Waals surface area (Å²) in [7, 11) is 0. The molecular weight excluding hydrogens is 697 g/mol. The summed E-state index contributed by atoms with van der Waals surface area (Å²) in [5.74, 6) is -2.30. The number of esters is 1. The van der Waals surface area contributed by atoms with Gasteiger partial charge in [0, 0.05) is 27.4 Å². The van der Waals surface area contributed by atoms with E-state index >= 15 is 0 Å². The Morgan fingerprint density at radius 2 is 1.44 bits per heavy atom. The summed E-state index contributed by atoms with van der Waals surface area (Å²) < 4.78 is 7.28. The van der Waals surface area contributed by atoms with E-state index in [-0.39, 0.29) is 30.2 Å². The normalized spacial score (nSPS) is 10.3. The van der Waals surface area contributed by atoms with Gasteiger partial charge in [0.05, 0.1) is 27.1 Å². The molecule has 0 aliphatic rings. The van der Waals surface area contributed by atoms with Crippen molar-refractivity contribution < 1.29 is 29.0 Å². The van der Waals surface area contributed by atoms with E-state index in [0.29, 0.717) is 25.7 Å². The van der Waals surface area contributed by atoms with Gasteiger partial charge in [-0.25, -0.2) is 4.79 Å². The second kappa shape index (κ2) is 11.3. The molecule has 0 unspecified atom stereocenters. The number of unbranched alkanes of at least 4 members (excludes halogenated alkanes) is 1. The Morgan fingerprint density at radius 3 is 1.96 bits per heavy atom. The topological polar surface area (TPSA) is 122 Å². The molecule has 3 N–H and O–H groups in total. The highest BCUT2D eigenvalue weighted by Crippen LogP contribution is 2.39. The summed E-state index contributed by atoms with van der Waals surface area (Å²) >= 11 is 6.08. The maximum atomic E-state index is 12.7. The number of rotatable bonds is 8. The molecule has 0 bridgehead atoms. The van der Waals surface area contributed by atoms with Gasteiger partial charge >= 0.3 is 11.9 Å². The molecular formula is C16H17I3N2O6. The maximum absolute atomic E-state index is 12.7. The Bertz CT molecular complexity index is 782. The smallest absolute Gasteiger partial charge is 0.341 e. The van der Waals surface area contributed by atoms with Crippen LogP contribution in [0.5, 0.6) is 0 Å². The summed E-state index contributed by atoms with van der Waals surface area (Å²) in [6, 6.07) is 0. The average molecular weight is 714 g/mol. The van der Waals surface area contributed by atoms with Crippen LogP contribution < -0.4 is 10.6 Å². The number of ether oxygens (including phenoxy) is 1. The van der Waals surface area contributed by atoms with Crippen LogP contribution in [0.2, 0.25) is 0 Å². The quantitative estimate of drug-likeness (QED) is 0.163. The van der Waals surface area contributed by atoms with Gasteiger partial charge in [0.2, 0.25) is 11.8 Å². The highest BCUT2D eigenvalue weighted by molar-refractivity contribution is 14.1. The van der Waals surface area contributed by atoms with Crippen molar-refractivity contribution in [2.45, 2.75) is 33.1 Å².